The molecule has 0 bridgehead atoms. The molecular formula is C24H30N6O2S. The van der Waals surface area contributed by atoms with Gasteiger partial charge in [0.05, 0.1) is 18.8 Å². The van der Waals surface area contributed by atoms with E-state index < -0.39 is 0 Å². The Hall–Kier alpha value is -2.88. The first-order chi connectivity index (χ1) is 15.9. The summed E-state index contributed by atoms with van der Waals surface area (Å²) in [7, 11) is 1.62. The van der Waals surface area contributed by atoms with E-state index in [9.17, 15) is 4.79 Å². The quantitative estimate of drug-likeness (QED) is 0.517. The van der Waals surface area contributed by atoms with Gasteiger partial charge in [0.15, 0.2) is 5.17 Å². The van der Waals surface area contributed by atoms with E-state index in [2.05, 4.69) is 30.0 Å². The molecule has 0 radical (unpaired) electrons. The van der Waals surface area contributed by atoms with Crippen molar-refractivity contribution < 1.29 is 9.53 Å². The van der Waals surface area contributed by atoms with Gasteiger partial charge in [0.2, 0.25) is 5.91 Å². The number of ether oxygens (including phenoxy) is 1. The van der Waals surface area contributed by atoms with Crippen LogP contribution in [0.2, 0.25) is 0 Å². The van der Waals surface area contributed by atoms with Crippen LogP contribution in [0, 0.1) is 11.3 Å². The van der Waals surface area contributed by atoms with Crippen LogP contribution in [-0.4, -0.2) is 42.0 Å². The molecule has 8 nitrogen and oxygen atoms in total. The number of aliphatic imine (C=N–C) groups is 1. The molecule has 3 unspecified atom stereocenters. The third-order valence-electron chi connectivity index (χ3n) is 5.86. The number of benzene rings is 2. The van der Waals surface area contributed by atoms with Crippen molar-refractivity contribution >= 4 is 40.0 Å². The molecule has 9 heteroatoms. The summed E-state index contributed by atoms with van der Waals surface area (Å²) >= 11 is 1.32. The Balaban J connectivity index is 1.50. The first-order valence-corrected chi connectivity index (χ1v) is 12.0. The number of anilines is 2. The summed E-state index contributed by atoms with van der Waals surface area (Å²) in [5.74, 6) is 1.59. The fourth-order valence-electron chi connectivity index (χ4n) is 3.96. The van der Waals surface area contributed by atoms with E-state index in [1.165, 1.54) is 17.3 Å². The highest BCUT2D eigenvalue weighted by molar-refractivity contribution is 8.14. The summed E-state index contributed by atoms with van der Waals surface area (Å²) in [4.78, 5) is 19.3. The number of methoxy groups -OCH3 is 1. The Morgan fingerprint density at radius 3 is 2.52 bits per heavy atom. The van der Waals surface area contributed by atoms with Gasteiger partial charge in [-0.15, -0.1) is 0 Å². The van der Waals surface area contributed by atoms with Crippen LogP contribution in [-0.2, 0) is 4.79 Å². The van der Waals surface area contributed by atoms with Gasteiger partial charge in [0, 0.05) is 17.4 Å². The van der Waals surface area contributed by atoms with Gasteiger partial charge in [-0.2, -0.15) is 0 Å². The largest absolute Gasteiger partial charge is 0.497 e. The van der Waals surface area contributed by atoms with E-state index in [0.29, 0.717) is 16.9 Å². The van der Waals surface area contributed by atoms with Gasteiger partial charge in [-0.3, -0.25) is 20.5 Å². The molecule has 174 valence electrons. The van der Waals surface area contributed by atoms with Gasteiger partial charge in [-0.1, -0.05) is 37.7 Å². The van der Waals surface area contributed by atoms with E-state index >= 15 is 0 Å². The Kier molecular flexibility index (Phi) is 7.02. The SMILES string of the molecule is COc1ccc(N2C(=N)C3C(C)NNC3N=C2SCC(=O)Nc2ccc(C(C)C)cc2)cc1. The molecule has 0 saturated carbocycles. The maximum atomic E-state index is 12.7. The molecule has 2 aromatic rings. The second-order valence-corrected chi connectivity index (χ2v) is 9.43. The smallest absolute Gasteiger partial charge is 0.234 e. The highest BCUT2D eigenvalue weighted by Gasteiger charge is 2.43. The number of hydrazine groups is 1. The summed E-state index contributed by atoms with van der Waals surface area (Å²) in [5.41, 5.74) is 9.16. The van der Waals surface area contributed by atoms with Gasteiger partial charge in [0.25, 0.3) is 0 Å². The van der Waals surface area contributed by atoms with Crippen molar-refractivity contribution in [3.05, 3.63) is 54.1 Å². The van der Waals surface area contributed by atoms with E-state index in [1.54, 1.807) is 7.11 Å². The van der Waals surface area contributed by atoms with Crippen LogP contribution in [0.5, 0.6) is 5.75 Å². The zero-order chi connectivity index (χ0) is 23.5. The van der Waals surface area contributed by atoms with Gasteiger partial charge in [-0.25, -0.2) is 10.4 Å². The van der Waals surface area contributed by atoms with Crippen LogP contribution in [0.25, 0.3) is 0 Å². The van der Waals surface area contributed by atoms with Crippen molar-refractivity contribution in [1.82, 2.24) is 10.9 Å². The number of nitrogens with zero attached hydrogens (tertiary/aromatic N) is 2. The normalized spacial score (nSPS) is 22.2. The van der Waals surface area contributed by atoms with E-state index in [-0.39, 0.29) is 29.8 Å². The zero-order valence-corrected chi connectivity index (χ0v) is 20.1. The summed E-state index contributed by atoms with van der Waals surface area (Å²) < 4.78 is 5.27. The van der Waals surface area contributed by atoms with E-state index in [1.807, 2.05) is 60.4 Å². The van der Waals surface area contributed by atoms with Crippen molar-refractivity contribution in [3.8, 4) is 5.75 Å². The second kappa shape index (κ2) is 9.94. The van der Waals surface area contributed by atoms with E-state index in [0.717, 1.165) is 17.1 Å². The Bertz CT molecular complexity index is 1040. The third-order valence-corrected chi connectivity index (χ3v) is 6.81. The molecule has 2 aliphatic rings. The second-order valence-electron chi connectivity index (χ2n) is 8.49. The van der Waals surface area contributed by atoms with Crippen LogP contribution in [0.4, 0.5) is 11.4 Å². The maximum absolute atomic E-state index is 12.7. The molecule has 2 aliphatic heterocycles. The maximum Gasteiger partial charge on any atom is 0.234 e. The molecule has 33 heavy (non-hydrogen) atoms. The summed E-state index contributed by atoms with van der Waals surface area (Å²) in [5, 5.41) is 12.5. The fraction of sp³-hybridized carbons (Fsp3) is 0.375. The number of carbonyl (C=O) groups excluding carboxylic acids is 1. The van der Waals surface area contributed by atoms with Crippen molar-refractivity contribution in [3.63, 3.8) is 0 Å². The van der Waals surface area contributed by atoms with Crippen LogP contribution in [0.3, 0.4) is 0 Å². The minimum absolute atomic E-state index is 0.0654. The highest BCUT2D eigenvalue weighted by Crippen LogP contribution is 2.32. The van der Waals surface area contributed by atoms with Crippen molar-refractivity contribution in [1.29, 1.82) is 5.41 Å². The molecule has 4 N–H and O–H groups in total. The number of hydrogen-bond acceptors (Lipinski definition) is 7. The predicted octanol–water partition coefficient (Wildman–Crippen LogP) is 3.78. The number of amides is 1. The van der Waals surface area contributed by atoms with Crippen molar-refractivity contribution in [2.24, 2.45) is 10.9 Å². The number of hydrogen-bond donors (Lipinski definition) is 4. The summed E-state index contributed by atoms with van der Waals surface area (Å²) in [6, 6.07) is 15.5. The van der Waals surface area contributed by atoms with Gasteiger partial charge >= 0.3 is 0 Å². The number of thioether (sulfide) groups is 1. The number of fused-ring (bicyclic) bond motifs is 1. The van der Waals surface area contributed by atoms with Gasteiger partial charge < -0.3 is 10.1 Å². The monoisotopic (exact) mass is 466 g/mol. The lowest BCUT2D eigenvalue weighted by molar-refractivity contribution is -0.113. The van der Waals surface area contributed by atoms with Crippen LogP contribution < -0.4 is 25.8 Å². The molecule has 0 aliphatic carbocycles. The molecule has 1 fully saturated rings. The minimum Gasteiger partial charge on any atom is -0.497 e. The molecule has 0 aromatic heterocycles. The molecule has 2 heterocycles. The zero-order valence-electron chi connectivity index (χ0n) is 19.3. The molecular weight excluding hydrogens is 436 g/mol. The lowest BCUT2D eigenvalue weighted by atomic mass is 9.97. The number of carbonyl (C=O) groups is 1. The number of amidine groups is 2. The standard InChI is InChI=1S/C24H30N6O2S/c1-14(2)16-5-7-17(8-6-16)26-20(31)13-33-24-27-23-21(15(3)28-29-23)22(25)30(24)18-9-11-19(32-4)12-10-18/h5-12,14-15,21,23,25,28-29H,13H2,1-4H3,(H,26,31). The van der Waals surface area contributed by atoms with Gasteiger partial charge in [-0.05, 0) is 54.8 Å². The average molecular weight is 467 g/mol. The first kappa shape index (κ1) is 23.3. The Morgan fingerprint density at radius 1 is 1.18 bits per heavy atom. The highest BCUT2D eigenvalue weighted by atomic mass is 32.2. The minimum atomic E-state index is -0.240. The van der Waals surface area contributed by atoms with Crippen molar-refractivity contribution in [2.75, 3.05) is 23.1 Å². The van der Waals surface area contributed by atoms with E-state index in [4.69, 9.17) is 15.1 Å². The van der Waals surface area contributed by atoms with Crippen LogP contribution in [0.1, 0.15) is 32.3 Å². The average Bonchev–Trinajstić information content (AvgIpc) is 3.19. The molecule has 4 rings (SSSR count). The van der Waals surface area contributed by atoms with Crippen LogP contribution >= 0.6 is 11.8 Å². The summed E-state index contributed by atoms with van der Waals surface area (Å²) in [6.45, 7) is 6.31. The molecule has 1 saturated heterocycles. The number of rotatable bonds is 6. The lowest BCUT2D eigenvalue weighted by Crippen LogP contribution is -2.50. The first-order valence-electron chi connectivity index (χ1n) is 11.0. The molecule has 3 atom stereocenters. The molecule has 1 amide bonds. The Labute approximate surface area is 198 Å². The van der Waals surface area contributed by atoms with Crippen molar-refractivity contribution in [2.45, 2.75) is 38.9 Å². The third kappa shape index (κ3) is 5.05. The molecule has 0 spiro atoms. The topological polar surface area (TPSA) is 102 Å². The summed E-state index contributed by atoms with van der Waals surface area (Å²) in [6.07, 6.45) is -0.240. The lowest BCUT2D eigenvalue weighted by Gasteiger charge is -2.35. The van der Waals surface area contributed by atoms with Gasteiger partial charge in [0.1, 0.15) is 17.8 Å². The number of nitrogens with one attached hydrogen (secondary N) is 4. The van der Waals surface area contributed by atoms with Crippen LogP contribution in [0.15, 0.2) is 53.5 Å². The Morgan fingerprint density at radius 2 is 1.88 bits per heavy atom. The predicted molar refractivity (Wildman–Crippen MR) is 135 cm³/mol. The fourth-order valence-corrected chi connectivity index (χ4v) is 4.81. The molecule has 2 aromatic carbocycles.